The lowest BCUT2D eigenvalue weighted by Crippen LogP contribution is -2.05. The highest BCUT2D eigenvalue weighted by molar-refractivity contribution is 5.94. The van der Waals surface area contributed by atoms with Crippen LogP contribution in [0.4, 0.5) is 8.78 Å². The van der Waals surface area contributed by atoms with E-state index in [4.69, 9.17) is 4.74 Å². The summed E-state index contributed by atoms with van der Waals surface area (Å²) in [7, 11) is 0. The van der Waals surface area contributed by atoms with Crippen LogP contribution in [0.25, 0.3) is 11.1 Å². The lowest BCUT2D eigenvalue weighted by molar-refractivity contribution is 0.0523. The molecular weight excluding hydrogens is 266 g/mol. The Hall–Kier alpha value is -2.43. The molecule has 0 radical (unpaired) electrons. The summed E-state index contributed by atoms with van der Waals surface area (Å²) in [6.45, 7) is 1.80. The molecule has 2 rings (SSSR count). The van der Waals surface area contributed by atoms with Gasteiger partial charge in [0, 0.05) is 11.6 Å². The Balaban J connectivity index is 2.48. The molecule has 3 nitrogen and oxygen atoms in total. The summed E-state index contributed by atoms with van der Waals surface area (Å²) < 4.78 is 31.4. The summed E-state index contributed by atoms with van der Waals surface area (Å²) in [5.41, 5.74) is 0.424. The molecule has 0 aliphatic rings. The number of ether oxygens (including phenoxy) is 1. The van der Waals surface area contributed by atoms with Crippen LogP contribution in [0.2, 0.25) is 0 Å². The third-order valence-corrected chi connectivity index (χ3v) is 2.73. The SMILES string of the molecule is CCOC(=O)c1cc(-c2ccc(F)cc2F)ccc1O. The van der Waals surface area contributed by atoms with E-state index in [0.717, 1.165) is 12.1 Å². The number of aromatic hydroxyl groups is 1. The highest BCUT2D eigenvalue weighted by Crippen LogP contribution is 2.28. The second-order valence-electron chi connectivity index (χ2n) is 4.08. The lowest BCUT2D eigenvalue weighted by atomic mass is 10.0. The van der Waals surface area contributed by atoms with Crippen LogP contribution in [-0.2, 0) is 4.74 Å². The molecule has 0 saturated carbocycles. The Morgan fingerprint density at radius 3 is 2.60 bits per heavy atom. The highest BCUT2D eigenvalue weighted by atomic mass is 19.1. The Morgan fingerprint density at radius 1 is 1.20 bits per heavy atom. The molecule has 0 heterocycles. The number of halogens is 2. The number of carbonyl (C=O) groups excluding carboxylic acids is 1. The maximum Gasteiger partial charge on any atom is 0.341 e. The number of hydrogen-bond donors (Lipinski definition) is 1. The summed E-state index contributed by atoms with van der Waals surface area (Å²) in [5, 5.41) is 9.64. The van der Waals surface area contributed by atoms with Gasteiger partial charge in [-0.2, -0.15) is 0 Å². The molecule has 2 aromatic rings. The van der Waals surface area contributed by atoms with Gasteiger partial charge in [0.05, 0.1) is 6.61 Å². The van der Waals surface area contributed by atoms with E-state index in [1.807, 2.05) is 0 Å². The predicted molar refractivity (Wildman–Crippen MR) is 69.4 cm³/mol. The van der Waals surface area contributed by atoms with Gasteiger partial charge in [0.15, 0.2) is 0 Å². The minimum absolute atomic E-state index is 0.0620. The van der Waals surface area contributed by atoms with Crippen molar-refractivity contribution in [3.05, 3.63) is 53.6 Å². The summed E-state index contributed by atoms with van der Waals surface area (Å²) in [6.07, 6.45) is 0. The third-order valence-electron chi connectivity index (χ3n) is 2.73. The van der Waals surface area contributed by atoms with Crippen LogP contribution in [0, 0.1) is 11.6 Å². The number of esters is 1. The molecule has 20 heavy (non-hydrogen) atoms. The topological polar surface area (TPSA) is 46.5 Å². The van der Waals surface area contributed by atoms with Crippen LogP contribution >= 0.6 is 0 Å². The first-order valence-electron chi connectivity index (χ1n) is 5.98. The van der Waals surface area contributed by atoms with Crippen molar-refractivity contribution in [3.63, 3.8) is 0 Å². The standard InChI is InChI=1S/C15H12F2O3/c1-2-20-15(19)12-7-9(3-6-14(12)18)11-5-4-10(16)8-13(11)17/h3-8,18H,2H2,1H3. The normalized spacial score (nSPS) is 10.3. The van der Waals surface area contributed by atoms with Crippen molar-refractivity contribution >= 4 is 5.97 Å². The van der Waals surface area contributed by atoms with Gasteiger partial charge in [-0.3, -0.25) is 0 Å². The summed E-state index contributed by atoms with van der Waals surface area (Å²) in [5.74, 6) is -2.38. The second kappa shape index (κ2) is 5.69. The number of phenols is 1. The molecule has 0 saturated heterocycles. The fraction of sp³-hybridized carbons (Fsp3) is 0.133. The molecule has 0 amide bonds. The third kappa shape index (κ3) is 2.77. The van der Waals surface area contributed by atoms with E-state index in [9.17, 15) is 18.7 Å². The Kier molecular flexibility index (Phi) is 3.98. The van der Waals surface area contributed by atoms with Gasteiger partial charge in [-0.15, -0.1) is 0 Å². The Morgan fingerprint density at radius 2 is 1.95 bits per heavy atom. The van der Waals surface area contributed by atoms with Gasteiger partial charge in [0.25, 0.3) is 0 Å². The summed E-state index contributed by atoms with van der Waals surface area (Å²) >= 11 is 0. The van der Waals surface area contributed by atoms with Crippen molar-refractivity contribution < 1.29 is 23.4 Å². The van der Waals surface area contributed by atoms with Crippen LogP contribution in [-0.4, -0.2) is 17.7 Å². The first-order chi connectivity index (χ1) is 9.52. The molecule has 0 aromatic heterocycles. The van der Waals surface area contributed by atoms with Gasteiger partial charge in [0.1, 0.15) is 22.9 Å². The first kappa shape index (κ1) is 14.0. The number of benzene rings is 2. The fourth-order valence-electron chi connectivity index (χ4n) is 1.80. The molecule has 0 aliphatic heterocycles. The maximum absolute atomic E-state index is 13.7. The van der Waals surface area contributed by atoms with Crippen molar-refractivity contribution in [1.82, 2.24) is 0 Å². The number of phenolic OH excluding ortho intramolecular Hbond substituents is 1. The Bertz CT molecular complexity index is 654. The number of hydrogen-bond acceptors (Lipinski definition) is 3. The van der Waals surface area contributed by atoms with E-state index in [2.05, 4.69) is 0 Å². The number of carbonyl (C=O) groups is 1. The van der Waals surface area contributed by atoms with E-state index in [1.165, 1.54) is 24.3 Å². The van der Waals surface area contributed by atoms with Crippen molar-refractivity contribution in [2.45, 2.75) is 6.92 Å². The average Bonchev–Trinajstić information content (AvgIpc) is 2.40. The minimum atomic E-state index is -0.745. The number of rotatable bonds is 3. The van der Waals surface area contributed by atoms with Gasteiger partial charge < -0.3 is 9.84 Å². The zero-order valence-electron chi connectivity index (χ0n) is 10.7. The van der Waals surface area contributed by atoms with Crippen LogP contribution < -0.4 is 0 Å². The minimum Gasteiger partial charge on any atom is -0.507 e. The molecule has 0 bridgehead atoms. The van der Waals surface area contributed by atoms with Crippen LogP contribution in [0.5, 0.6) is 5.75 Å². The zero-order valence-corrected chi connectivity index (χ0v) is 10.7. The first-order valence-corrected chi connectivity index (χ1v) is 5.98. The van der Waals surface area contributed by atoms with Crippen molar-refractivity contribution in [3.8, 4) is 16.9 Å². The molecule has 1 N–H and O–H groups in total. The van der Waals surface area contributed by atoms with Gasteiger partial charge in [-0.1, -0.05) is 6.07 Å². The predicted octanol–water partition coefficient (Wildman–Crippen LogP) is 3.51. The van der Waals surface area contributed by atoms with E-state index >= 15 is 0 Å². The molecule has 0 atom stereocenters. The zero-order chi connectivity index (χ0) is 14.7. The average molecular weight is 278 g/mol. The van der Waals surface area contributed by atoms with Crippen LogP contribution in [0.15, 0.2) is 36.4 Å². The molecule has 0 aliphatic carbocycles. The molecule has 0 unspecified atom stereocenters. The molecule has 0 fully saturated rings. The van der Waals surface area contributed by atoms with Crippen molar-refractivity contribution in [2.24, 2.45) is 0 Å². The highest BCUT2D eigenvalue weighted by Gasteiger charge is 2.15. The van der Waals surface area contributed by atoms with Crippen LogP contribution in [0.1, 0.15) is 17.3 Å². The van der Waals surface area contributed by atoms with Gasteiger partial charge in [-0.05, 0) is 36.8 Å². The second-order valence-corrected chi connectivity index (χ2v) is 4.08. The molecule has 0 spiro atoms. The maximum atomic E-state index is 13.7. The quantitative estimate of drug-likeness (QED) is 0.874. The smallest absolute Gasteiger partial charge is 0.341 e. The lowest BCUT2D eigenvalue weighted by Gasteiger charge is -2.08. The Labute approximate surface area is 114 Å². The van der Waals surface area contributed by atoms with Gasteiger partial charge in [0.2, 0.25) is 0 Å². The van der Waals surface area contributed by atoms with E-state index < -0.39 is 17.6 Å². The molecule has 104 valence electrons. The molecule has 2 aromatic carbocycles. The van der Waals surface area contributed by atoms with Gasteiger partial charge in [-0.25, -0.2) is 13.6 Å². The summed E-state index contributed by atoms with van der Waals surface area (Å²) in [4.78, 5) is 11.7. The molecule has 5 heteroatoms. The van der Waals surface area contributed by atoms with E-state index in [-0.39, 0.29) is 23.5 Å². The summed E-state index contributed by atoms with van der Waals surface area (Å²) in [6, 6.07) is 7.16. The molecular formula is C15H12F2O3. The fourth-order valence-corrected chi connectivity index (χ4v) is 1.80. The van der Waals surface area contributed by atoms with Crippen LogP contribution in [0.3, 0.4) is 0 Å². The monoisotopic (exact) mass is 278 g/mol. The van der Waals surface area contributed by atoms with Crippen molar-refractivity contribution in [2.75, 3.05) is 6.61 Å². The van der Waals surface area contributed by atoms with Gasteiger partial charge >= 0.3 is 5.97 Å². The largest absolute Gasteiger partial charge is 0.507 e. The van der Waals surface area contributed by atoms with Crippen molar-refractivity contribution in [1.29, 1.82) is 0 Å². The van der Waals surface area contributed by atoms with E-state index in [0.29, 0.717) is 5.56 Å². The van der Waals surface area contributed by atoms with E-state index in [1.54, 1.807) is 6.92 Å².